The zero-order valence-electron chi connectivity index (χ0n) is 17.9. The highest BCUT2D eigenvalue weighted by atomic mass is 35.5. The van der Waals surface area contributed by atoms with E-state index in [-0.39, 0.29) is 5.91 Å². The molecule has 2 aromatic heterocycles. The largest absolute Gasteiger partial charge is 0.382 e. The van der Waals surface area contributed by atoms with Crippen molar-refractivity contribution >= 4 is 29.0 Å². The Morgan fingerprint density at radius 2 is 1.78 bits per heavy atom. The van der Waals surface area contributed by atoms with Crippen molar-refractivity contribution in [2.45, 2.75) is 18.4 Å². The first-order chi connectivity index (χ1) is 15.5. The molecule has 8 nitrogen and oxygen atoms in total. The molecule has 166 valence electrons. The van der Waals surface area contributed by atoms with Gasteiger partial charge >= 0.3 is 0 Å². The van der Waals surface area contributed by atoms with E-state index in [9.17, 15) is 4.79 Å². The smallest absolute Gasteiger partial charge is 0.240 e. The zero-order valence-corrected chi connectivity index (χ0v) is 18.7. The van der Waals surface area contributed by atoms with Crippen LogP contribution in [0.1, 0.15) is 12.8 Å². The molecule has 3 aromatic rings. The number of nitrogen functional groups attached to an aromatic ring is 1. The predicted octanol–water partition coefficient (Wildman–Crippen LogP) is 2.44. The Balaban J connectivity index is 1.45. The minimum absolute atomic E-state index is 0.0925. The number of aromatic nitrogens is 3. The number of halogens is 1. The van der Waals surface area contributed by atoms with E-state index in [0.717, 1.165) is 34.5 Å². The molecule has 2 aliphatic heterocycles. The van der Waals surface area contributed by atoms with Gasteiger partial charge in [-0.15, -0.1) is 0 Å². The van der Waals surface area contributed by atoms with Crippen LogP contribution in [-0.4, -0.2) is 52.4 Å². The molecule has 0 unspecified atom stereocenters. The Labute approximate surface area is 191 Å². The van der Waals surface area contributed by atoms with Crippen molar-refractivity contribution in [3.05, 3.63) is 47.9 Å². The highest BCUT2D eigenvalue weighted by Gasteiger charge is 2.43. The van der Waals surface area contributed by atoms with Crippen LogP contribution in [0.25, 0.3) is 22.3 Å². The molecule has 2 saturated heterocycles. The number of hydrogen-bond donors (Lipinski definition) is 3. The normalized spacial score (nSPS) is 18.1. The zero-order chi connectivity index (χ0) is 22.3. The number of nitrogens with zero attached hydrogens (tertiary/aromatic N) is 4. The second kappa shape index (κ2) is 8.11. The van der Waals surface area contributed by atoms with Gasteiger partial charge in [0.15, 0.2) is 0 Å². The number of amides is 1. The van der Waals surface area contributed by atoms with E-state index in [4.69, 9.17) is 17.3 Å². The molecule has 2 aliphatic rings. The van der Waals surface area contributed by atoms with Crippen LogP contribution in [0.3, 0.4) is 0 Å². The maximum atomic E-state index is 12.5. The highest BCUT2D eigenvalue weighted by Crippen LogP contribution is 2.41. The second-order valence-electron chi connectivity index (χ2n) is 8.45. The van der Waals surface area contributed by atoms with Crippen LogP contribution in [0, 0.1) is 0 Å². The van der Waals surface area contributed by atoms with Crippen LogP contribution >= 0.6 is 11.6 Å². The number of carbonyl (C=O) groups excluding carboxylic acids is 1. The molecule has 0 atom stereocenters. The fourth-order valence-electron chi connectivity index (χ4n) is 4.67. The van der Waals surface area contributed by atoms with Gasteiger partial charge in [0, 0.05) is 56.7 Å². The highest BCUT2D eigenvalue weighted by molar-refractivity contribution is 6.36. The average molecular weight is 452 g/mol. The Hall–Kier alpha value is -3.10. The van der Waals surface area contributed by atoms with Gasteiger partial charge in [-0.2, -0.15) is 5.10 Å². The summed E-state index contributed by atoms with van der Waals surface area (Å²) in [5, 5.41) is 11.1. The summed E-state index contributed by atoms with van der Waals surface area (Å²) >= 11 is 6.68. The number of carbonyl (C=O) groups is 1. The van der Waals surface area contributed by atoms with E-state index in [1.54, 1.807) is 10.9 Å². The lowest BCUT2D eigenvalue weighted by molar-refractivity contribution is -0.130. The first-order valence-electron chi connectivity index (χ1n) is 10.8. The minimum atomic E-state index is -0.495. The second-order valence-corrected chi connectivity index (χ2v) is 8.83. The van der Waals surface area contributed by atoms with Crippen LogP contribution < -0.4 is 21.3 Å². The van der Waals surface area contributed by atoms with Crippen molar-refractivity contribution < 1.29 is 4.79 Å². The van der Waals surface area contributed by atoms with Crippen molar-refractivity contribution in [2.75, 3.05) is 36.8 Å². The third-order valence-electron chi connectivity index (χ3n) is 6.50. The summed E-state index contributed by atoms with van der Waals surface area (Å²) < 4.78 is 1.79. The molecule has 1 aromatic carbocycles. The first-order valence-corrected chi connectivity index (χ1v) is 11.2. The number of rotatable bonds is 3. The Bertz CT molecular complexity index is 1150. The third kappa shape index (κ3) is 3.59. The molecule has 0 aliphatic carbocycles. The van der Waals surface area contributed by atoms with Crippen LogP contribution in [0.5, 0.6) is 0 Å². The molecule has 1 amide bonds. The number of aryl methyl sites for hydroxylation is 1. The molecular formula is C23H26ClN7O. The number of piperazine rings is 1. The van der Waals surface area contributed by atoms with E-state index < -0.39 is 5.54 Å². The van der Waals surface area contributed by atoms with Gasteiger partial charge in [0.2, 0.25) is 5.91 Å². The molecule has 2 fully saturated rings. The first kappa shape index (κ1) is 20.8. The van der Waals surface area contributed by atoms with Gasteiger partial charge in [0.05, 0.1) is 11.9 Å². The molecule has 4 heterocycles. The molecule has 0 radical (unpaired) electrons. The lowest BCUT2D eigenvalue weighted by Gasteiger charge is -2.44. The van der Waals surface area contributed by atoms with E-state index in [1.165, 1.54) is 0 Å². The van der Waals surface area contributed by atoms with Crippen molar-refractivity contribution in [3.63, 3.8) is 0 Å². The number of piperidine rings is 1. The fourth-order valence-corrected chi connectivity index (χ4v) is 4.94. The van der Waals surface area contributed by atoms with Gasteiger partial charge in [-0.1, -0.05) is 35.9 Å². The summed E-state index contributed by atoms with van der Waals surface area (Å²) in [5.41, 5.74) is 10.6. The van der Waals surface area contributed by atoms with Gasteiger partial charge in [-0.25, -0.2) is 4.98 Å². The van der Waals surface area contributed by atoms with Crippen LogP contribution in [0.4, 0.5) is 11.5 Å². The summed E-state index contributed by atoms with van der Waals surface area (Å²) in [5.74, 6) is 0.404. The van der Waals surface area contributed by atoms with Gasteiger partial charge in [0.25, 0.3) is 0 Å². The van der Waals surface area contributed by atoms with Gasteiger partial charge in [0.1, 0.15) is 16.4 Å². The maximum absolute atomic E-state index is 12.5. The van der Waals surface area contributed by atoms with Crippen molar-refractivity contribution in [2.24, 2.45) is 7.05 Å². The number of anilines is 2. The lowest BCUT2D eigenvalue weighted by Crippen LogP contribution is -2.66. The Kier molecular flexibility index (Phi) is 5.27. The van der Waals surface area contributed by atoms with Gasteiger partial charge in [-0.05, 0) is 24.0 Å². The molecule has 9 heteroatoms. The summed E-state index contributed by atoms with van der Waals surface area (Å²) in [4.78, 5) is 19.1. The molecular weight excluding hydrogens is 426 g/mol. The fraction of sp³-hybridized carbons (Fsp3) is 0.348. The standard InChI is InChI=1S/C23H26ClN7O/c1-30-14-17(12-29-30)15-2-4-16(5-3-15)18-13-27-21(25)19(24)20(18)31-10-6-23(7-11-31)22(32)26-8-9-28-23/h2-5,12-14,28H,6-11H2,1H3,(H2,25,27)(H,26,32). The van der Waals surface area contributed by atoms with E-state index >= 15 is 0 Å². The summed E-state index contributed by atoms with van der Waals surface area (Å²) in [6.45, 7) is 2.87. The lowest BCUT2D eigenvalue weighted by atomic mass is 9.84. The maximum Gasteiger partial charge on any atom is 0.240 e. The third-order valence-corrected chi connectivity index (χ3v) is 6.87. The van der Waals surface area contributed by atoms with Gasteiger partial charge < -0.3 is 21.3 Å². The Morgan fingerprint density at radius 1 is 1.06 bits per heavy atom. The summed E-state index contributed by atoms with van der Waals surface area (Å²) in [7, 11) is 1.90. The molecule has 32 heavy (non-hydrogen) atoms. The number of hydrogen-bond acceptors (Lipinski definition) is 6. The molecule has 1 spiro atoms. The van der Waals surface area contributed by atoms with E-state index in [0.29, 0.717) is 43.3 Å². The molecule has 4 N–H and O–H groups in total. The van der Waals surface area contributed by atoms with Gasteiger partial charge in [-0.3, -0.25) is 9.48 Å². The number of benzene rings is 1. The molecule has 0 saturated carbocycles. The van der Waals surface area contributed by atoms with Crippen LogP contribution in [-0.2, 0) is 11.8 Å². The van der Waals surface area contributed by atoms with Crippen molar-refractivity contribution in [3.8, 4) is 22.3 Å². The molecule has 0 bridgehead atoms. The van der Waals surface area contributed by atoms with Crippen molar-refractivity contribution in [1.29, 1.82) is 0 Å². The topological polar surface area (TPSA) is 101 Å². The predicted molar refractivity (Wildman–Crippen MR) is 126 cm³/mol. The van der Waals surface area contributed by atoms with Crippen LogP contribution in [0.15, 0.2) is 42.9 Å². The SMILES string of the molecule is Cn1cc(-c2ccc(-c3cnc(N)c(Cl)c3N3CCC4(CC3)NCCNC4=O)cc2)cn1. The quantitative estimate of drug-likeness (QED) is 0.565. The molecule has 5 rings (SSSR count). The minimum Gasteiger partial charge on any atom is -0.382 e. The van der Waals surface area contributed by atoms with Crippen LogP contribution in [0.2, 0.25) is 5.02 Å². The average Bonchev–Trinajstić information content (AvgIpc) is 3.25. The number of nitrogens with two attached hydrogens (primary N) is 1. The number of pyridine rings is 1. The van der Waals surface area contributed by atoms with Crippen molar-refractivity contribution in [1.82, 2.24) is 25.4 Å². The summed E-state index contributed by atoms with van der Waals surface area (Å²) in [6.07, 6.45) is 7.03. The van der Waals surface area contributed by atoms with E-state index in [1.807, 2.05) is 19.4 Å². The Morgan fingerprint density at radius 3 is 2.44 bits per heavy atom. The number of nitrogens with one attached hydrogen (secondary N) is 2. The monoisotopic (exact) mass is 451 g/mol. The van der Waals surface area contributed by atoms with E-state index in [2.05, 4.69) is 49.9 Å². The summed E-state index contributed by atoms with van der Waals surface area (Å²) in [6, 6.07) is 8.28.